The molecule has 0 radical (unpaired) electrons. The highest BCUT2D eigenvalue weighted by molar-refractivity contribution is 5.04. The van der Waals surface area contributed by atoms with E-state index in [0.29, 0.717) is 18.2 Å². The van der Waals surface area contributed by atoms with Crippen molar-refractivity contribution in [3.63, 3.8) is 0 Å². The van der Waals surface area contributed by atoms with Gasteiger partial charge in [0, 0.05) is 12.1 Å². The molecule has 0 aromatic carbocycles. The van der Waals surface area contributed by atoms with Gasteiger partial charge in [-0.25, -0.2) is 0 Å². The first kappa shape index (κ1) is 8.12. The van der Waals surface area contributed by atoms with Crippen molar-refractivity contribution in [2.45, 2.75) is 62.8 Å². The minimum Gasteiger partial charge on any atom is -0.373 e. The fraction of sp³-hybridized carbons (Fsp3) is 1.00. The van der Waals surface area contributed by atoms with Crippen molar-refractivity contribution < 1.29 is 4.74 Å². The molecule has 0 aromatic heterocycles. The first-order valence-corrected chi connectivity index (χ1v) is 6.31. The molecular weight excluding hydrogens is 174 g/mol. The van der Waals surface area contributed by atoms with Crippen molar-refractivity contribution >= 4 is 0 Å². The zero-order chi connectivity index (χ0) is 9.12. The number of nitrogens with one attached hydrogen (secondary N) is 1. The van der Waals surface area contributed by atoms with Crippen molar-refractivity contribution in [3.8, 4) is 0 Å². The van der Waals surface area contributed by atoms with Gasteiger partial charge in [-0.15, -0.1) is 0 Å². The van der Waals surface area contributed by atoms with Crippen LogP contribution in [0.1, 0.15) is 38.5 Å². The number of hydrogen-bond acceptors (Lipinski definition) is 2. The van der Waals surface area contributed by atoms with Crippen LogP contribution in [0.15, 0.2) is 0 Å². The molecule has 6 atom stereocenters. The van der Waals surface area contributed by atoms with Gasteiger partial charge < -0.3 is 10.1 Å². The Morgan fingerprint density at radius 3 is 2.50 bits per heavy atom. The molecule has 0 amide bonds. The maximum absolute atomic E-state index is 5.88. The van der Waals surface area contributed by atoms with Crippen LogP contribution in [0.2, 0.25) is 0 Å². The summed E-state index contributed by atoms with van der Waals surface area (Å²) in [6.07, 6.45) is 9.53. The molecule has 2 heteroatoms. The fourth-order valence-electron chi connectivity index (χ4n) is 4.00. The summed E-state index contributed by atoms with van der Waals surface area (Å²) in [5.41, 5.74) is 0. The van der Waals surface area contributed by atoms with E-state index in [2.05, 4.69) is 5.32 Å². The Morgan fingerprint density at radius 2 is 1.93 bits per heavy atom. The van der Waals surface area contributed by atoms with E-state index in [1.54, 1.807) is 0 Å². The standard InChI is InChI=1S/C12H19NO/c1-3-10(9-5-7(1)9)13-11-6-8-2-4-12(11)14-8/h7-13H,1-6H2/t7-,8?,9+,10?,11?,12?/m0/s1. The Kier molecular flexibility index (Phi) is 1.58. The molecule has 4 rings (SSSR count). The van der Waals surface area contributed by atoms with Crippen LogP contribution in [-0.4, -0.2) is 24.3 Å². The van der Waals surface area contributed by atoms with E-state index < -0.39 is 0 Å². The highest BCUT2D eigenvalue weighted by atomic mass is 16.5. The highest BCUT2D eigenvalue weighted by Crippen LogP contribution is 2.52. The normalized spacial score (nSPS) is 59.1. The average molecular weight is 193 g/mol. The van der Waals surface area contributed by atoms with Crippen LogP contribution >= 0.6 is 0 Å². The summed E-state index contributed by atoms with van der Waals surface area (Å²) in [7, 11) is 0. The molecule has 4 aliphatic rings. The van der Waals surface area contributed by atoms with Gasteiger partial charge in [-0.1, -0.05) is 0 Å². The largest absolute Gasteiger partial charge is 0.373 e. The topological polar surface area (TPSA) is 21.3 Å². The van der Waals surface area contributed by atoms with Crippen molar-refractivity contribution in [1.29, 1.82) is 0 Å². The molecule has 0 aromatic rings. The number of fused-ring (bicyclic) bond motifs is 3. The van der Waals surface area contributed by atoms with Crippen molar-refractivity contribution in [2.24, 2.45) is 11.8 Å². The lowest BCUT2D eigenvalue weighted by molar-refractivity contribution is 0.0957. The first-order chi connectivity index (χ1) is 6.90. The van der Waals surface area contributed by atoms with E-state index in [-0.39, 0.29) is 0 Å². The van der Waals surface area contributed by atoms with E-state index >= 15 is 0 Å². The highest BCUT2D eigenvalue weighted by Gasteiger charge is 2.50. The van der Waals surface area contributed by atoms with Crippen molar-refractivity contribution in [1.82, 2.24) is 5.32 Å². The van der Waals surface area contributed by atoms with Gasteiger partial charge in [0.05, 0.1) is 12.2 Å². The Bertz CT molecular complexity index is 255. The van der Waals surface area contributed by atoms with E-state index in [1.807, 2.05) is 0 Å². The lowest BCUT2D eigenvalue weighted by atomic mass is 9.94. The first-order valence-electron chi connectivity index (χ1n) is 6.31. The van der Waals surface area contributed by atoms with Crippen LogP contribution in [0, 0.1) is 11.8 Å². The SMILES string of the molecule is C1CC2OC1CC2NC1CC[C@H]2C[C@@H]12. The number of ether oxygens (including phenoxy) is 1. The summed E-state index contributed by atoms with van der Waals surface area (Å²) in [5.74, 6) is 2.15. The summed E-state index contributed by atoms with van der Waals surface area (Å²) < 4.78 is 5.88. The van der Waals surface area contributed by atoms with E-state index in [0.717, 1.165) is 17.9 Å². The average Bonchev–Trinajstić information content (AvgIpc) is 2.61. The van der Waals surface area contributed by atoms with Gasteiger partial charge in [0.1, 0.15) is 0 Å². The molecule has 2 aliphatic heterocycles. The maximum Gasteiger partial charge on any atom is 0.0733 e. The second-order valence-corrected chi connectivity index (χ2v) is 5.73. The predicted octanol–water partition coefficient (Wildman–Crippen LogP) is 1.69. The smallest absolute Gasteiger partial charge is 0.0733 e. The third kappa shape index (κ3) is 1.10. The Morgan fingerprint density at radius 1 is 0.929 bits per heavy atom. The van der Waals surface area contributed by atoms with E-state index in [1.165, 1.54) is 38.5 Å². The van der Waals surface area contributed by atoms with E-state index in [4.69, 9.17) is 4.74 Å². The van der Waals surface area contributed by atoms with Crippen LogP contribution in [0.4, 0.5) is 0 Å². The molecule has 2 bridgehead atoms. The molecule has 2 saturated heterocycles. The third-order valence-corrected chi connectivity index (χ3v) is 4.88. The van der Waals surface area contributed by atoms with Crippen LogP contribution < -0.4 is 5.32 Å². The lowest BCUT2D eigenvalue weighted by Gasteiger charge is -2.25. The zero-order valence-corrected chi connectivity index (χ0v) is 8.61. The van der Waals surface area contributed by atoms with Crippen LogP contribution in [-0.2, 0) is 4.74 Å². The van der Waals surface area contributed by atoms with Crippen LogP contribution in [0.5, 0.6) is 0 Å². The zero-order valence-electron chi connectivity index (χ0n) is 8.61. The summed E-state index contributed by atoms with van der Waals surface area (Å²) in [5, 5.41) is 3.88. The molecule has 2 heterocycles. The van der Waals surface area contributed by atoms with Gasteiger partial charge >= 0.3 is 0 Å². The minimum absolute atomic E-state index is 0.567. The molecule has 4 unspecified atom stereocenters. The molecule has 2 aliphatic carbocycles. The van der Waals surface area contributed by atoms with Gasteiger partial charge in [0.15, 0.2) is 0 Å². The number of rotatable bonds is 2. The predicted molar refractivity (Wildman–Crippen MR) is 54.1 cm³/mol. The van der Waals surface area contributed by atoms with Crippen molar-refractivity contribution in [3.05, 3.63) is 0 Å². The maximum atomic E-state index is 5.88. The lowest BCUT2D eigenvalue weighted by Crippen LogP contribution is -2.44. The Hall–Kier alpha value is -0.0800. The Balaban J connectivity index is 1.41. The summed E-state index contributed by atoms with van der Waals surface area (Å²) >= 11 is 0. The molecule has 4 fully saturated rings. The quantitative estimate of drug-likeness (QED) is 0.720. The minimum atomic E-state index is 0.567. The molecule has 0 spiro atoms. The van der Waals surface area contributed by atoms with Gasteiger partial charge in [-0.05, 0) is 50.4 Å². The molecule has 1 N–H and O–H groups in total. The second-order valence-electron chi connectivity index (χ2n) is 5.73. The monoisotopic (exact) mass is 193 g/mol. The molecular formula is C12H19NO. The second kappa shape index (κ2) is 2.73. The van der Waals surface area contributed by atoms with Gasteiger partial charge in [0.2, 0.25) is 0 Å². The summed E-state index contributed by atoms with van der Waals surface area (Å²) in [6, 6.07) is 1.56. The van der Waals surface area contributed by atoms with E-state index in [9.17, 15) is 0 Å². The number of hydrogen-bond donors (Lipinski definition) is 1. The Labute approximate surface area is 85.4 Å². The van der Waals surface area contributed by atoms with Gasteiger partial charge in [-0.3, -0.25) is 0 Å². The van der Waals surface area contributed by atoms with Crippen molar-refractivity contribution in [2.75, 3.05) is 0 Å². The van der Waals surface area contributed by atoms with Crippen LogP contribution in [0.25, 0.3) is 0 Å². The molecule has 2 nitrogen and oxygen atoms in total. The fourth-order valence-corrected chi connectivity index (χ4v) is 4.00. The molecule has 2 saturated carbocycles. The van der Waals surface area contributed by atoms with Gasteiger partial charge in [0.25, 0.3) is 0 Å². The van der Waals surface area contributed by atoms with Crippen LogP contribution in [0.3, 0.4) is 0 Å². The summed E-state index contributed by atoms with van der Waals surface area (Å²) in [6.45, 7) is 0. The summed E-state index contributed by atoms with van der Waals surface area (Å²) in [4.78, 5) is 0. The molecule has 14 heavy (non-hydrogen) atoms. The molecule has 78 valence electrons. The van der Waals surface area contributed by atoms with Gasteiger partial charge in [-0.2, -0.15) is 0 Å². The third-order valence-electron chi connectivity index (χ3n) is 4.88.